The Balaban J connectivity index is 1.23. The Morgan fingerprint density at radius 1 is 0.797 bits per heavy atom. The average Bonchev–Trinajstić information content (AvgIpc) is 4.02. The summed E-state index contributed by atoms with van der Waals surface area (Å²) in [5.74, 6) is -2.38. The van der Waals surface area contributed by atoms with Gasteiger partial charge in [-0.15, -0.1) is 6.58 Å². The molecule has 3 saturated heterocycles. The first-order valence-electron chi connectivity index (χ1n) is 25.1. The van der Waals surface area contributed by atoms with Crippen LogP contribution in [0, 0.1) is 44.3 Å². The van der Waals surface area contributed by atoms with E-state index in [1.807, 2.05) is 25.7 Å². The number of piperidine rings is 1. The lowest BCUT2D eigenvalue weighted by Gasteiger charge is -2.45. The monoisotopic (exact) mass is 911 g/mol. The quantitative estimate of drug-likeness (QED) is 0.145. The van der Waals surface area contributed by atoms with E-state index in [4.69, 9.17) is 4.74 Å². The Morgan fingerprint density at radius 2 is 1.44 bits per heavy atom. The minimum Gasteiger partial charge on any atom is -0.381 e. The van der Waals surface area contributed by atoms with E-state index in [0.717, 1.165) is 77.2 Å². The van der Waals surface area contributed by atoms with Crippen molar-refractivity contribution in [1.82, 2.24) is 29.5 Å². The van der Waals surface area contributed by atoms with Crippen LogP contribution in [-0.2, 0) is 39.9 Å². The van der Waals surface area contributed by atoms with E-state index in [1.165, 1.54) is 0 Å². The maximum absolute atomic E-state index is 15.9. The molecule has 3 aliphatic heterocycles. The number of hydrogen-bond acceptors (Lipinski definition) is 8. The van der Waals surface area contributed by atoms with E-state index in [2.05, 4.69) is 68.4 Å². The summed E-state index contributed by atoms with van der Waals surface area (Å²) in [6, 6.07) is -2.78. The van der Waals surface area contributed by atoms with Gasteiger partial charge in [0.05, 0.1) is 17.5 Å². The van der Waals surface area contributed by atoms with E-state index < -0.39 is 57.4 Å². The van der Waals surface area contributed by atoms with E-state index in [9.17, 15) is 13.8 Å². The van der Waals surface area contributed by atoms with Gasteiger partial charge in [-0.1, -0.05) is 86.6 Å². The molecule has 4 aliphatic carbocycles. The van der Waals surface area contributed by atoms with E-state index in [-0.39, 0.29) is 57.8 Å². The number of carbonyl (C=O) groups excluding carboxylic acids is 5. The Kier molecular flexibility index (Phi) is 14.2. The van der Waals surface area contributed by atoms with Gasteiger partial charge in [-0.25, -0.2) is 8.51 Å². The van der Waals surface area contributed by atoms with Gasteiger partial charge in [0.1, 0.15) is 12.1 Å². The maximum atomic E-state index is 15.9. The highest BCUT2D eigenvalue weighted by molar-refractivity contribution is 7.81. The van der Waals surface area contributed by atoms with Gasteiger partial charge in [0.2, 0.25) is 23.6 Å². The van der Waals surface area contributed by atoms with Crippen LogP contribution in [0.5, 0.6) is 0 Å². The van der Waals surface area contributed by atoms with Crippen LogP contribution in [0.2, 0.25) is 0 Å². The zero-order chi connectivity index (χ0) is 46.6. The second kappa shape index (κ2) is 18.4. The van der Waals surface area contributed by atoms with Crippen molar-refractivity contribution in [2.45, 2.75) is 189 Å². The van der Waals surface area contributed by atoms with Crippen LogP contribution in [0.15, 0.2) is 12.7 Å². The number of amides is 4. The van der Waals surface area contributed by atoms with Crippen LogP contribution < -0.4 is 15.4 Å². The molecule has 7 fully saturated rings. The summed E-state index contributed by atoms with van der Waals surface area (Å²) in [6.07, 6.45) is 14.1. The highest BCUT2D eigenvalue weighted by Crippen LogP contribution is 2.88. The number of allylic oxidation sites excluding steroid dienone is 1. The minimum atomic E-state index is -1.76. The molecule has 0 aromatic rings. The number of ether oxygens (including phenoxy) is 1. The van der Waals surface area contributed by atoms with Crippen molar-refractivity contribution in [3.63, 3.8) is 0 Å². The van der Waals surface area contributed by atoms with E-state index in [0.29, 0.717) is 58.5 Å². The number of carbonyl (C=O) groups is 5. The summed E-state index contributed by atoms with van der Waals surface area (Å²) in [7, 11) is 0. The molecule has 3 heterocycles. The van der Waals surface area contributed by atoms with Crippen molar-refractivity contribution < 1.29 is 32.9 Å². The van der Waals surface area contributed by atoms with Crippen LogP contribution in [0.25, 0.3) is 0 Å². The second-order valence-corrected chi connectivity index (χ2v) is 23.8. The lowest BCUT2D eigenvalue weighted by atomic mass is 9.69. The van der Waals surface area contributed by atoms with Gasteiger partial charge in [-0.3, -0.25) is 33.6 Å². The molecular weight excluding hydrogens is 829 g/mol. The third-order valence-electron chi connectivity index (χ3n) is 19.1. The number of likely N-dealkylation sites (tertiary alicyclic amines) is 2. The van der Waals surface area contributed by atoms with Gasteiger partial charge >= 0.3 is 0 Å². The SMILES string of the molecule is C=CC1CC1(C(=O)NS(=O)N(CC)CC)C(C)C(=O)C1CC2(CN1C(=O)C(NC(=O)C(NC(=O)C1CCCCN1C(C)C)C1(C)CCOCC1)C1(C)CCCCC1)C(C)(C)C21CCC1. The first-order chi connectivity index (χ1) is 30.2. The van der Waals surface area contributed by atoms with Crippen molar-refractivity contribution >= 4 is 40.6 Å². The highest BCUT2D eigenvalue weighted by Gasteiger charge is 2.85. The van der Waals surface area contributed by atoms with Crippen molar-refractivity contribution in [2.75, 3.05) is 39.4 Å². The van der Waals surface area contributed by atoms with Crippen LogP contribution in [0.1, 0.15) is 159 Å². The standard InChI is InChI=1S/C50H82N6O7S/c1-11-35-30-50(35,44(61)53-64(62)54(12-2)13-3)34(6)38(57)37-31-49(45(7,8)48(49)23-19-24-48)32-56(37)43(60)40(46(9)21-16-14-17-22-46)52-42(59)39(47(10)25-28-63-29-26-47)51-41(58)36-20-15-18-27-55(36)33(4)5/h11,33-37,39-40H,1,12-32H2,2-10H3,(H,51,58)(H,52,59)(H,53,61). The third-order valence-corrected chi connectivity index (χ3v) is 20.5. The molecular formula is C50H82N6O7S. The molecule has 0 bridgehead atoms. The maximum Gasteiger partial charge on any atom is 0.246 e. The molecule has 0 aromatic heterocycles. The molecule has 2 spiro atoms. The number of nitrogens with one attached hydrogen (secondary N) is 3. The van der Waals surface area contributed by atoms with Crippen LogP contribution in [0.3, 0.4) is 0 Å². The third kappa shape index (κ3) is 8.05. The number of ketones is 1. The van der Waals surface area contributed by atoms with Crippen molar-refractivity contribution in [2.24, 2.45) is 44.3 Å². The van der Waals surface area contributed by atoms with Gasteiger partial charge < -0.3 is 20.3 Å². The first-order valence-corrected chi connectivity index (χ1v) is 26.2. The van der Waals surface area contributed by atoms with Gasteiger partial charge in [0, 0.05) is 55.6 Å². The predicted octanol–water partition coefficient (Wildman–Crippen LogP) is 6.24. The molecule has 4 amide bonds. The fourth-order valence-electron chi connectivity index (χ4n) is 14.2. The first kappa shape index (κ1) is 49.2. The topological polar surface area (TPSA) is 157 Å². The summed E-state index contributed by atoms with van der Waals surface area (Å²) in [4.78, 5) is 79.4. The second-order valence-electron chi connectivity index (χ2n) is 22.5. The number of nitrogens with zero attached hydrogens (tertiary/aromatic N) is 3. The molecule has 13 nitrogen and oxygen atoms in total. The molecule has 14 heteroatoms. The fourth-order valence-corrected chi connectivity index (χ4v) is 15.2. The number of rotatable bonds is 17. The number of fused-ring (bicyclic) bond motifs is 1. The summed E-state index contributed by atoms with van der Waals surface area (Å²) in [5.41, 5.74) is -2.67. The van der Waals surface area contributed by atoms with Crippen molar-refractivity contribution in [1.29, 1.82) is 0 Å². The van der Waals surface area contributed by atoms with E-state index in [1.54, 1.807) is 10.4 Å². The Morgan fingerprint density at radius 3 is 1.98 bits per heavy atom. The van der Waals surface area contributed by atoms with E-state index >= 15 is 14.4 Å². The van der Waals surface area contributed by atoms with Crippen LogP contribution in [0.4, 0.5) is 0 Å². The normalized spacial score (nSPS) is 33.1. The molecule has 9 atom stereocenters. The highest BCUT2D eigenvalue weighted by atomic mass is 32.2. The Labute approximate surface area is 386 Å². The average molecular weight is 911 g/mol. The van der Waals surface area contributed by atoms with Crippen LogP contribution >= 0.6 is 0 Å². The number of Topliss-reactive ketones (excluding diaryl/α,β-unsaturated/α-hetero) is 1. The molecule has 7 rings (SSSR count). The van der Waals surface area contributed by atoms with Crippen LogP contribution in [-0.4, -0.2) is 117 Å². The van der Waals surface area contributed by atoms with Crippen molar-refractivity contribution in [3.8, 4) is 0 Å². The molecule has 4 saturated carbocycles. The van der Waals surface area contributed by atoms with Crippen molar-refractivity contribution in [3.05, 3.63) is 12.7 Å². The summed E-state index contributed by atoms with van der Waals surface area (Å²) in [5, 5.41) is 6.65. The lowest BCUT2D eigenvalue weighted by Crippen LogP contribution is -2.65. The zero-order valence-electron chi connectivity index (χ0n) is 40.8. The zero-order valence-corrected chi connectivity index (χ0v) is 41.6. The smallest absolute Gasteiger partial charge is 0.246 e. The fraction of sp³-hybridized carbons (Fsp3) is 0.860. The Hall–Kier alpha value is -2.68. The lowest BCUT2D eigenvalue weighted by molar-refractivity contribution is -0.148. The number of hydrogen-bond donors (Lipinski definition) is 3. The van der Waals surface area contributed by atoms with Gasteiger partial charge in [0.15, 0.2) is 17.0 Å². The molecule has 0 radical (unpaired) electrons. The van der Waals surface area contributed by atoms with Gasteiger partial charge in [-0.2, -0.15) is 0 Å². The molecule has 64 heavy (non-hydrogen) atoms. The Bertz CT molecular complexity index is 1830. The summed E-state index contributed by atoms with van der Waals surface area (Å²) >= 11 is -1.76. The largest absolute Gasteiger partial charge is 0.381 e. The van der Waals surface area contributed by atoms with Gasteiger partial charge in [0.25, 0.3) is 0 Å². The molecule has 3 N–H and O–H groups in total. The molecule has 0 aromatic carbocycles. The molecule has 360 valence electrons. The summed E-state index contributed by atoms with van der Waals surface area (Å²) in [6.45, 7) is 25.8. The molecule has 7 aliphatic rings. The molecule has 9 unspecified atom stereocenters. The predicted molar refractivity (Wildman–Crippen MR) is 249 cm³/mol. The minimum absolute atomic E-state index is 0.0270. The summed E-state index contributed by atoms with van der Waals surface area (Å²) < 4.78 is 23.5. The van der Waals surface area contributed by atoms with Gasteiger partial charge in [-0.05, 0) is 107 Å².